The predicted molar refractivity (Wildman–Crippen MR) is 118 cm³/mol. The van der Waals surface area contributed by atoms with Gasteiger partial charge in [-0.15, -0.1) is 0 Å². The Hall–Kier alpha value is -2.29. The molecule has 0 aliphatic carbocycles. The molecule has 174 valence electrons. The number of carboxylic acids is 1. The quantitative estimate of drug-likeness (QED) is 0.239. The lowest BCUT2D eigenvalue weighted by Gasteiger charge is -2.14. The van der Waals surface area contributed by atoms with Crippen molar-refractivity contribution in [1.29, 1.82) is 0 Å². The van der Waals surface area contributed by atoms with E-state index in [1.54, 1.807) is 0 Å². The average molecular weight is 437 g/mol. The van der Waals surface area contributed by atoms with Gasteiger partial charge in [0.2, 0.25) is 5.91 Å². The van der Waals surface area contributed by atoms with Gasteiger partial charge in [0.25, 0.3) is 0 Å². The third kappa shape index (κ3) is 12.2. The van der Waals surface area contributed by atoms with Crippen molar-refractivity contribution >= 4 is 17.7 Å². The smallest absolute Gasteiger partial charge is 0.326 e. The molecular formula is C23H36N2O6. The van der Waals surface area contributed by atoms with E-state index >= 15 is 0 Å². The molecule has 1 atom stereocenters. The van der Waals surface area contributed by atoms with Gasteiger partial charge in [0.05, 0.1) is 13.2 Å². The molecule has 1 aromatic rings. The summed E-state index contributed by atoms with van der Waals surface area (Å²) in [5.41, 5.74) is 1.92. The number of Topliss-reactive ketones (excluding diaryl/α,β-unsaturated/α-hetero) is 1. The van der Waals surface area contributed by atoms with Crippen LogP contribution >= 0.6 is 0 Å². The van der Waals surface area contributed by atoms with Crippen molar-refractivity contribution in [2.45, 2.75) is 51.5 Å². The number of amides is 1. The molecule has 0 saturated carbocycles. The zero-order chi connectivity index (χ0) is 22.9. The molecule has 1 aromatic carbocycles. The van der Waals surface area contributed by atoms with Gasteiger partial charge in [-0.3, -0.25) is 9.59 Å². The molecule has 0 saturated heterocycles. The van der Waals surface area contributed by atoms with Gasteiger partial charge in [0.1, 0.15) is 12.6 Å². The number of aryl methyl sites for hydroxylation is 1. The minimum absolute atomic E-state index is 0.0955. The lowest BCUT2D eigenvalue weighted by atomic mass is 10.0. The maximum atomic E-state index is 12.1. The largest absolute Gasteiger partial charge is 0.480 e. The van der Waals surface area contributed by atoms with Crippen LogP contribution in [0.5, 0.6) is 0 Å². The molecule has 8 nitrogen and oxygen atoms in total. The second-order valence-corrected chi connectivity index (χ2v) is 7.30. The minimum atomic E-state index is -1.04. The van der Waals surface area contributed by atoms with Crippen LogP contribution in [0.25, 0.3) is 0 Å². The summed E-state index contributed by atoms with van der Waals surface area (Å²) in [5.74, 6) is -1.41. The molecular weight excluding hydrogens is 400 g/mol. The van der Waals surface area contributed by atoms with Gasteiger partial charge in [0, 0.05) is 18.6 Å². The van der Waals surface area contributed by atoms with Gasteiger partial charge in [-0.25, -0.2) is 4.79 Å². The Kier molecular flexibility index (Phi) is 14.2. The lowest BCUT2D eigenvalue weighted by Crippen LogP contribution is -2.42. The Morgan fingerprint density at radius 1 is 1.00 bits per heavy atom. The van der Waals surface area contributed by atoms with Crippen LogP contribution in [-0.4, -0.2) is 68.8 Å². The Bertz CT molecular complexity index is 663. The summed E-state index contributed by atoms with van der Waals surface area (Å²) in [6, 6.07) is 6.76. The number of ketones is 1. The Morgan fingerprint density at radius 2 is 1.71 bits per heavy atom. The van der Waals surface area contributed by atoms with E-state index in [0.717, 1.165) is 19.4 Å². The third-order valence-corrected chi connectivity index (χ3v) is 4.78. The Labute approximate surface area is 184 Å². The van der Waals surface area contributed by atoms with E-state index in [1.807, 2.05) is 31.3 Å². The maximum absolute atomic E-state index is 12.1. The summed E-state index contributed by atoms with van der Waals surface area (Å²) in [4.78, 5) is 35.2. The van der Waals surface area contributed by atoms with Crippen LogP contribution in [-0.2, 0) is 25.5 Å². The summed E-state index contributed by atoms with van der Waals surface area (Å²) in [5, 5.41) is 14.7. The number of carbonyl (C=O) groups is 3. The second kappa shape index (κ2) is 16.4. The summed E-state index contributed by atoms with van der Waals surface area (Å²) in [6.45, 7) is 3.63. The fraction of sp³-hybridized carbons (Fsp3) is 0.609. The van der Waals surface area contributed by atoms with Crippen LogP contribution in [0, 0.1) is 0 Å². The SMILES string of the molecule is CCc1ccc(C(=O)CCCOCCOCC(=O)NC(CCCCNC)C(=O)O)cc1. The molecule has 1 unspecified atom stereocenters. The monoisotopic (exact) mass is 436 g/mol. The molecule has 8 heteroatoms. The highest BCUT2D eigenvalue weighted by atomic mass is 16.5. The van der Waals surface area contributed by atoms with Gasteiger partial charge in [0.15, 0.2) is 5.78 Å². The zero-order valence-corrected chi connectivity index (χ0v) is 18.7. The van der Waals surface area contributed by atoms with Gasteiger partial charge in [-0.2, -0.15) is 0 Å². The van der Waals surface area contributed by atoms with E-state index in [0.29, 0.717) is 44.5 Å². The number of aliphatic carboxylic acids is 1. The van der Waals surface area contributed by atoms with Crippen molar-refractivity contribution in [2.24, 2.45) is 0 Å². The molecule has 0 fully saturated rings. The van der Waals surface area contributed by atoms with Gasteiger partial charge in [-0.1, -0.05) is 31.2 Å². The van der Waals surface area contributed by atoms with E-state index in [2.05, 4.69) is 17.6 Å². The first-order chi connectivity index (χ1) is 15.0. The van der Waals surface area contributed by atoms with Gasteiger partial charge < -0.3 is 25.2 Å². The van der Waals surface area contributed by atoms with Crippen LogP contribution in [0.2, 0.25) is 0 Å². The molecule has 31 heavy (non-hydrogen) atoms. The van der Waals surface area contributed by atoms with E-state index < -0.39 is 17.9 Å². The predicted octanol–water partition coefficient (Wildman–Crippen LogP) is 2.20. The first-order valence-electron chi connectivity index (χ1n) is 10.9. The molecule has 1 amide bonds. The van der Waals surface area contributed by atoms with Crippen molar-refractivity contribution in [3.05, 3.63) is 35.4 Å². The molecule has 3 N–H and O–H groups in total. The van der Waals surface area contributed by atoms with E-state index in [-0.39, 0.29) is 19.0 Å². The number of unbranched alkanes of at least 4 members (excludes halogenated alkanes) is 1. The number of hydrogen-bond donors (Lipinski definition) is 3. The van der Waals surface area contributed by atoms with Gasteiger partial charge in [-0.05, 0) is 51.3 Å². The van der Waals surface area contributed by atoms with Crippen molar-refractivity contribution in [3.63, 3.8) is 0 Å². The first-order valence-corrected chi connectivity index (χ1v) is 10.9. The highest BCUT2D eigenvalue weighted by Gasteiger charge is 2.19. The Balaban J connectivity index is 2.08. The third-order valence-electron chi connectivity index (χ3n) is 4.78. The number of carbonyl (C=O) groups excluding carboxylic acids is 2. The number of carboxylic acid groups (broad SMARTS) is 1. The van der Waals surface area contributed by atoms with Crippen LogP contribution in [0.4, 0.5) is 0 Å². The number of rotatable bonds is 18. The molecule has 0 aliphatic heterocycles. The summed E-state index contributed by atoms with van der Waals surface area (Å²) in [6.07, 6.45) is 3.92. The van der Waals surface area contributed by atoms with Crippen LogP contribution in [0.15, 0.2) is 24.3 Å². The van der Waals surface area contributed by atoms with Crippen molar-refractivity contribution in [2.75, 3.05) is 40.0 Å². The zero-order valence-electron chi connectivity index (χ0n) is 18.7. The highest BCUT2D eigenvalue weighted by Crippen LogP contribution is 2.09. The Morgan fingerprint density at radius 3 is 2.35 bits per heavy atom. The molecule has 0 heterocycles. The summed E-state index contributed by atoms with van der Waals surface area (Å²) in [7, 11) is 1.84. The minimum Gasteiger partial charge on any atom is -0.480 e. The standard InChI is InChI=1S/C23H36N2O6/c1-3-18-9-11-19(12-10-18)21(26)8-6-14-30-15-16-31-17-22(27)25-20(23(28)29)7-4-5-13-24-2/h9-12,20,24H,3-8,13-17H2,1-2H3,(H,25,27)(H,28,29). The molecule has 0 aromatic heterocycles. The fourth-order valence-corrected chi connectivity index (χ4v) is 2.93. The first kappa shape index (κ1) is 26.7. The van der Waals surface area contributed by atoms with Gasteiger partial charge >= 0.3 is 5.97 Å². The fourth-order valence-electron chi connectivity index (χ4n) is 2.93. The lowest BCUT2D eigenvalue weighted by molar-refractivity contribution is -0.142. The number of benzene rings is 1. The summed E-state index contributed by atoms with van der Waals surface area (Å²) < 4.78 is 10.7. The van der Waals surface area contributed by atoms with Crippen LogP contribution in [0.3, 0.4) is 0 Å². The van der Waals surface area contributed by atoms with E-state index in [9.17, 15) is 19.5 Å². The van der Waals surface area contributed by atoms with Crippen molar-refractivity contribution < 1.29 is 29.0 Å². The topological polar surface area (TPSA) is 114 Å². The average Bonchev–Trinajstić information content (AvgIpc) is 2.77. The molecule has 0 aliphatic rings. The molecule has 0 bridgehead atoms. The number of hydrogen-bond acceptors (Lipinski definition) is 6. The normalized spacial score (nSPS) is 11.8. The highest BCUT2D eigenvalue weighted by molar-refractivity contribution is 5.96. The van der Waals surface area contributed by atoms with E-state index in [4.69, 9.17) is 9.47 Å². The van der Waals surface area contributed by atoms with Crippen molar-refractivity contribution in [1.82, 2.24) is 10.6 Å². The number of nitrogens with one attached hydrogen (secondary N) is 2. The van der Waals surface area contributed by atoms with Crippen LogP contribution in [0.1, 0.15) is 54.9 Å². The van der Waals surface area contributed by atoms with Crippen LogP contribution < -0.4 is 10.6 Å². The maximum Gasteiger partial charge on any atom is 0.326 e. The van der Waals surface area contributed by atoms with E-state index in [1.165, 1.54) is 5.56 Å². The summed E-state index contributed by atoms with van der Waals surface area (Å²) >= 11 is 0. The second-order valence-electron chi connectivity index (χ2n) is 7.30. The molecule has 0 radical (unpaired) electrons. The number of ether oxygens (including phenoxy) is 2. The molecule has 0 spiro atoms. The van der Waals surface area contributed by atoms with Crippen molar-refractivity contribution in [3.8, 4) is 0 Å². The molecule has 1 rings (SSSR count).